The highest BCUT2D eigenvalue weighted by Gasteiger charge is 2.56. The van der Waals surface area contributed by atoms with Gasteiger partial charge in [-0.2, -0.15) is 0 Å². The van der Waals surface area contributed by atoms with Crippen LogP contribution >= 0.6 is 0 Å². The van der Waals surface area contributed by atoms with Crippen molar-refractivity contribution in [1.29, 1.82) is 0 Å². The third kappa shape index (κ3) is 2.05. The lowest BCUT2D eigenvalue weighted by atomic mass is 10.0. The van der Waals surface area contributed by atoms with Gasteiger partial charge in [0.1, 0.15) is 6.17 Å². The molecule has 0 spiro atoms. The van der Waals surface area contributed by atoms with E-state index >= 15 is 0 Å². The molecule has 0 bridgehead atoms. The largest absolute Gasteiger partial charge is 0.318 e. The molecule has 2 fully saturated rings. The predicted molar refractivity (Wildman–Crippen MR) is 80.3 cm³/mol. The maximum Gasteiger partial charge on any atom is 0.241 e. The van der Waals surface area contributed by atoms with Crippen LogP contribution in [0.25, 0.3) is 0 Å². The molecular weight excluding hydrogens is 248 g/mol. The Hall–Kier alpha value is -1.35. The molecule has 1 saturated heterocycles. The zero-order chi connectivity index (χ0) is 14.7. The summed E-state index contributed by atoms with van der Waals surface area (Å²) in [5.74, 6) is 0.242. The minimum absolute atomic E-state index is 0.0316. The van der Waals surface area contributed by atoms with E-state index in [2.05, 4.69) is 56.1 Å². The molecule has 1 aromatic carbocycles. The van der Waals surface area contributed by atoms with Crippen LogP contribution < -0.4 is 5.32 Å². The van der Waals surface area contributed by atoms with Crippen molar-refractivity contribution in [2.45, 2.75) is 59.3 Å². The molecular formula is C17H24N2O. The topological polar surface area (TPSA) is 32.3 Å². The van der Waals surface area contributed by atoms with Gasteiger partial charge in [0.25, 0.3) is 0 Å². The number of hydrogen-bond acceptors (Lipinski definition) is 2. The van der Waals surface area contributed by atoms with Crippen molar-refractivity contribution in [1.82, 2.24) is 10.2 Å². The van der Waals surface area contributed by atoms with Crippen LogP contribution in [0.15, 0.2) is 18.2 Å². The Labute approximate surface area is 121 Å². The fourth-order valence-electron chi connectivity index (χ4n) is 3.28. The molecule has 3 rings (SSSR count). The van der Waals surface area contributed by atoms with E-state index in [1.54, 1.807) is 0 Å². The Morgan fingerprint density at radius 1 is 1.30 bits per heavy atom. The number of benzene rings is 1. The summed E-state index contributed by atoms with van der Waals surface area (Å²) in [5, 5.41) is 3.47. The molecule has 1 heterocycles. The van der Waals surface area contributed by atoms with Gasteiger partial charge in [0.05, 0.1) is 6.04 Å². The Balaban J connectivity index is 1.99. The molecule has 3 atom stereocenters. The van der Waals surface area contributed by atoms with E-state index in [4.69, 9.17) is 0 Å². The van der Waals surface area contributed by atoms with E-state index in [1.165, 1.54) is 16.7 Å². The van der Waals surface area contributed by atoms with Gasteiger partial charge in [-0.1, -0.05) is 37.6 Å². The van der Waals surface area contributed by atoms with Gasteiger partial charge in [-0.3, -0.25) is 10.1 Å². The summed E-state index contributed by atoms with van der Waals surface area (Å²) >= 11 is 0. The van der Waals surface area contributed by atoms with Gasteiger partial charge in [0, 0.05) is 6.04 Å². The molecule has 2 aliphatic rings. The first kappa shape index (κ1) is 13.6. The average molecular weight is 272 g/mol. The highest BCUT2D eigenvalue weighted by molar-refractivity contribution is 5.85. The minimum atomic E-state index is -0.0867. The zero-order valence-electron chi connectivity index (χ0n) is 13.0. The van der Waals surface area contributed by atoms with Crippen LogP contribution in [0.2, 0.25) is 0 Å². The Kier molecular flexibility index (Phi) is 2.94. The molecule has 1 saturated carbocycles. The summed E-state index contributed by atoms with van der Waals surface area (Å²) < 4.78 is 0. The highest BCUT2D eigenvalue weighted by Crippen LogP contribution is 2.52. The van der Waals surface area contributed by atoms with Crippen molar-refractivity contribution in [3.8, 4) is 0 Å². The molecule has 108 valence electrons. The lowest BCUT2D eigenvalue weighted by Crippen LogP contribution is -2.35. The number of amides is 1. The van der Waals surface area contributed by atoms with Gasteiger partial charge >= 0.3 is 0 Å². The Morgan fingerprint density at radius 2 is 1.95 bits per heavy atom. The van der Waals surface area contributed by atoms with E-state index < -0.39 is 0 Å². The van der Waals surface area contributed by atoms with E-state index in [0.29, 0.717) is 6.04 Å². The average Bonchev–Trinajstić information content (AvgIpc) is 2.89. The van der Waals surface area contributed by atoms with Crippen molar-refractivity contribution < 1.29 is 4.79 Å². The van der Waals surface area contributed by atoms with Crippen molar-refractivity contribution in [3.05, 3.63) is 34.9 Å². The number of hydrogen-bond donors (Lipinski definition) is 1. The van der Waals surface area contributed by atoms with Crippen molar-refractivity contribution in [2.75, 3.05) is 0 Å². The van der Waals surface area contributed by atoms with E-state index in [9.17, 15) is 4.79 Å². The third-order valence-electron chi connectivity index (χ3n) is 4.84. The van der Waals surface area contributed by atoms with Crippen molar-refractivity contribution in [2.24, 2.45) is 5.41 Å². The predicted octanol–water partition coefficient (Wildman–Crippen LogP) is 2.92. The molecule has 20 heavy (non-hydrogen) atoms. The molecule has 0 aromatic heterocycles. The van der Waals surface area contributed by atoms with Crippen molar-refractivity contribution in [3.63, 3.8) is 0 Å². The van der Waals surface area contributed by atoms with Crippen LogP contribution in [-0.2, 0) is 4.79 Å². The lowest BCUT2D eigenvalue weighted by Gasteiger charge is -2.27. The first-order chi connectivity index (χ1) is 9.31. The lowest BCUT2D eigenvalue weighted by molar-refractivity contribution is -0.130. The number of nitrogens with one attached hydrogen (secondary N) is 1. The second kappa shape index (κ2) is 4.32. The van der Waals surface area contributed by atoms with Crippen LogP contribution in [0.4, 0.5) is 0 Å². The summed E-state index contributed by atoms with van der Waals surface area (Å²) in [4.78, 5) is 14.6. The Morgan fingerprint density at radius 3 is 2.55 bits per heavy atom. The van der Waals surface area contributed by atoms with Gasteiger partial charge < -0.3 is 4.90 Å². The molecule has 1 aliphatic carbocycles. The monoisotopic (exact) mass is 272 g/mol. The van der Waals surface area contributed by atoms with E-state index in [-0.39, 0.29) is 23.5 Å². The fraction of sp³-hybridized carbons (Fsp3) is 0.588. The molecule has 1 aliphatic heterocycles. The quantitative estimate of drug-likeness (QED) is 0.898. The van der Waals surface area contributed by atoms with E-state index in [1.807, 2.05) is 6.92 Å². The second-order valence-electron chi connectivity index (χ2n) is 7.10. The smallest absolute Gasteiger partial charge is 0.241 e. The summed E-state index contributed by atoms with van der Waals surface area (Å²) in [6, 6.07) is 6.77. The zero-order valence-corrected chi connectivity index (χ0v) is 13.0. The highest BCUT2D eigenvalue weighted by atomic mass is 16.2. The number of carbonyl (C=O) groups excluding carboxylic acids is 1. The van der Waals surface area contributed by atoms with E-state index in [0.717, 1.165) is 6.42 Å². The summed E-state index contributed by atoms with van der Waals surface area (Å²) in [6.45, 7) is 10.7. The van der Waals surface area contributed by atoms with Crippen LogP contribution in [0.5, 0.6) is 0 Å². The normalized spacial score (nSPS) is 31.8. The van der Waals surface area contributed by atoms with Gasteiger partial charge in [0.15, 0.2) is 0 Å². The van der Waals surface area contributed by atoms with Gasteiger partial charge in [0.2, 0.25) is 5.91 Å². The number of carbonyl (C=O) groups is 1. The fourth-order valence-corrected chi connectivity index (χ4v) is 3.28. The van der Waals surface area contributed by atoms with Gasteiger partial charge in [-0.05, 0) is 43.7 Å². The number of aryl methyl sites for hydroxylation is 2. The van der Waals surface area contributed by atoms with Crippen LogP contribution in [0.3, 0.4) is 0 Å². The molecule has 1 amide bonds. The molecule has 3 unspecified atom stereocenters. The molecule has 3 nitrogen and oxygen atoms in total. The number of rotatable bonds is 2. The van der Waals surface area contributed by atoms with Crippen LogP contribution in [0.1, 0.15) is 50.0 Å². The van der Waals surface area contributed by atoms with Crippen LogP contribution in [-0.4, -0.2) is 22.9 Å². The summed E-state index contributed by atoms with van der Waals surface area (Å²) in [6.07, 6.45) is 1.14. The number of nitrogens with zero attached hydrogens (tertiary/aromatic N) is 1. The first-order valence-corrected chi connectivity index (χ1v) is 7.46. The van der Waals surface area contributed by atoms with Gasteiger partial charge in [-0.25, -0.2) is 0 Å². The minimum Gasteiger partial charge on any atom is -0.318 e. The molecule has 3 heteroatoms. The first-order valence-electron chi connectivity index (χ1n) is 7.46. The van der Waals surface area contributed by atoms with Crippen molar-refractivity contribution >= 4 is 5.91 Å². The summed E-state index contributed by atoms with van der Waals surface area (Å²) in [7, 11) is 0. The summed E-state index contributed by atoms with van der Waals surface area (Å²) in [5.41, 5.74) is 4.00. The molecule has 1 aromatic rings. The maximum atomic E-state index is 12.5. The standard InChI is InChI=1S/C17H24N2O/c1-10-6-7-11(2)13(8-10)15-18-12(3)16(20)19(15)14-9-17(14,4)5/h6-8,12,14-15,18H,9H2,1-5H3. The third-order valence-corrected chi connectivity index (χ3v) is 4.84. The van der Waals surface area contributed by atoms with Gasteiger partial charge in [-0.15, -0.1) is 0 Å². The molecule has 1 N–H and O–H groups in total. The Bertz CT molecular complexity index is 564. The molecule has 0 radical (unpaired) electrons. The van der Waals surface area contributed by atoms with Crippen LogP contribution in [0, 0.1) is 19.3 Å². The maximum absolute atomic E-state index is 12.5. The SMILES string of the molecule is Cc1ccc(C)c(C2NC(C)C(=O)N2C2CC2(C)C)c1. The second-order valence-corrected chi connectivity index (χ2v) is 7.10.